The first kappa shape index (κ1) is 13.4. The molecule has 1 N–H and O–H groups in total. The van der Waals surface area contributed by atoms with Crippen LogP contribution in [-0.2, 0) is 0 Å². The standard InChI is InChI=1S/C11H9ClN4O2S/c1-7-6-19-11(14-7)15-13-5-8-2-3-9(12)10(4-8)16(17)18/h2-6H,1H3,(H,14,15)/b13-5-. The lowest BCUT2D eigenvalue weighted by Gasteiger charge is -1.97. The summed E-state index contributed by atoms with van der Waals surface area (Å²) in [6, 6.07) is 4.48. The Hall–Kier alpha value is -1.99. The number of nitrogens with zero attached hydrogens (tertiary/aromatic N) is 3. The van der Waals surface area contributed by atoms with E-state index in [9.17, 15) is 10.1 Å². The van der Waals surface area contributed by atoms with Crippen LogP contribution in [0.1, 0.15) is 11.3 Å². The fourth-order valence-corrected chi connectivity index (χ4v) is 2.14. The van der Waals surface area contributed by atoms with Gasteiger partial charge in [0.2, 0.25) is 5.13 Å². The number of aryl methyl sites for hydroxylation is 1. The van der Waals surface area contributed by atoms with Crippen molar-refractivity contribution in [1.82, 2.24) is 4.98 Å². The fraction of sp³-hybridized carbons (Fsp3) is 0.0909. The van der Waals surface area contributed by atoms with Crippen molar-refractivity contribution in [2.45, 2.75) is 6.92 Å². The zero-order valence-corrected chi connectivity index (χ0v) is 11.4. The quantitative estimate of drug-likeness (QED) is 0.532. The second kappa shape index (κ2) is 5.77. The number of nitrogens with one attached hydrogen (secondary N) is 1. The molecule has 0 aliphatic carbocycles. The minimum absolute atomic E-state index is 0.102. The fourth-order valence-electron chi connectivity index (χ4n) is 1.32. The number of hydrogen-bond donors (Lipinski definition) is 1. The number of nitro benzene ring substituents is 1. The summed E-state index contributed by atoms with van der Waals surface area (Å²) in [5, 5.41) is 17.3. The van der Waals surface area contributed by atoms with Crippen LogP contribution in [0, 0.1) is 17.0 Å². The molecule has 6 nitrogen and oxygen atoms in total. The molecule has 0 bridgehead atoms. The Bertz CT molecular complexity index is 641. The van der Waals surface area contributed by atoms with Crippen molar-refractivity contribution >= 4 is 40.0 Å². The third-order valence-corrected chi connectivity index (χ3v) is 3.34. The van der Waals surface area contributed by atoms with Gasteiger partial charge in [-0.3, -0.25) is 15.5 Å². The second-order valence-corrected chi connectivity index (χ2v) is 4.90. The number of rotatable bonds is 4. The van der Waals surface area contributed by atoms with Crippen molar-refractivity contribution in [3.63, 3.8) is 0 Å². The Morgan fingerprint density at radius 3 is 3.00 bits per heavy atom. The Labute approximate surface area is 117 Å². The zero-order valence-electron chi connectivity index (χ0n) is 9.83. The van der Waals surface area contributed by atoms with E-state index in [-0.39, 0.29) is 10.7 Å². The number of thiazole rings is 1. The molecule has 1 heterocycles. The predicted octanol–water partition coefficient (Wildman–Crippen LogP) is 3.46. The Morgan fingerprint density at radius 1 is 1.58 bits per heavy atom. The predicted molar refractivity (Wildman–Crippen MR) is 76.2 cm³/mol. The molecule has 0 amide bonds. The van der Waals surface area contributed by atoms with E-state index in [1.807, 2.05) is 12.3 Å². The molecule has 2 aromatic rings. The van der Waals surface area contributed by atoms with Gasteiger partial charge in [0.25, 0.3) is 5.69 Å². The topological polar surface area (TPSA) is 80.4 Å². The van der Waals surface area contributed by atoms with Gasteiger partial charge >= 0.3 is 0 Å². The van der Waals surface area contributed by atoms with Crippen LogP contribution >= 0.6 is 22.9 Å². The first-order valence-electron chi connectivity index (χ1n) is 5.21. The molecule has 0 radical (unpaired) electrons. The molecule has 0 spiro atoms. The minimum Gasteiger partial charge on any atom is -0.258 e. The number of aromatic nitrogens is 1. The summed E-state index contributed by atoms with van der Waals surface area (Å²) in [5.41, 5.74) is 4.10. The molecule has 0 saturated carbocycles. The highest BCUT2D eigenvalue weighted by atomic mass is 35.5. The summed E-state index contributed by atoms with van der Waals surface area (Å²) in [6.45, 7) is 1.88. The molecule has 0 unspecified atom stereocenters. The molecule has 19 heavy (non-hydrogen) atoms. The zero-order chi connectivity index (χ0) is 13.8. The molecule has 1 aromatic carbocycles. The van der Waals surface area contributed by atoms with E-state index in [1.54, 1.807) is 6.07 Å². The van der Waals surface area contributed by atoms with Crippen LogP contribution in [0.25, 0.3) is 0 Å². The molecule has 1 aromatic heterocycles. The van der Waals surface area contributed by atoms with Gasteiger partial charge < -0.3 is 0 Å². The SMILES string of the molecule is Cc1csc(N/N=C\c2ccc(Cl)c([N+](=O)[O-])c2)n1. The van der Waals surface area contributed by atoms with Gasteiger partial charge in [0, 0.05) is 17.0 Å². The van der Waals surface area contributed by atoms with E-state index < -0.39 is 4.92 Å². The van der Waals surface area contributed by atoms with Gasteiger partial charge in [-0.2, -0.15) is 5.10 Å². The molecule has 0 atom stereocenters. The van der Waals surface area contributed by atoms with Crippen LogP contribution in [0.15, 0.2) is 28.7 Å². The number of hydrogen-bond acceptors (Lipinski definition) is 6. The molecular formula is C11H9ClN4O2S. The normalized spacial score (nSPS) is 10.8. The molecule has 8 heteroatoms. The molecule has 0 saturated heterocycles. The van der Waals surface area contributed by atoms with Crippen LogP contribution < -0.4 is 5.43 Å². The molecule has 0 aliphatic rings. The van der Waals surface area contributed by atoms with Crippen molar-refractivity contribution in [1.29, 1.82) is 0 Å². The van der Waals surface area contributed by atoms with Gasteiger partial charge in [-0.25, -0.2) is 4.98 Å². The molecule has 0 aliphatic heterocycles. The average molecular weight is 297 g/mol. The summed E-state index contributed by atoms with van der Waals surface area (Å²) in [7, 11) is 0. The minimum atomic E-state index is -0.530. The molecule has 0 fully saturated rings. The van der Waals surface area contributed by atoms with Crippen LogP contribution in [0.4, 0.5) is 10.8 Å². The van der Waals surface area contributed by atoms with Gasteiger partial charge in [-0.05, 0) is 13.0 Å². The average Bonchev–Trinajstić information content (AvgIpc) is 2.77. The summed E-state index contributed by atoms with van der Waals surface area (Å²) in [4.78, 5) is 14.4. The van der Waals surface area contributed by atoms with Gasteiger partial charge in [-0.15, -0.1) is 11.3 Å². The van der Waals surface area contributed by atoms with E-state index in [2.05, 4.69) is 15.5 Å². The summed E-state index contributed by atoms with van der Waals surface area (Å²) >= 11 is 7.14. The second-order valence-electron chi connectivity index (χ2n) is 3.63. The monoisotopic (exact) mass is 296 g/mol. The number of hydrazone groups is 1. The molecule has 2 rings (SSSR count). The van der Waals surface area contributed by atoms with Gasteiger partial charge in [0.05, 0.1) is 16.8 Å². The maximum Gasteiger partial charge on any atom is 0.288 e. The lowest BCUT2D eigenvalue weighted by Crippen LogP contribution is -1.93. The highest BCUT2D eigenvalue weighted by Gasteiger charge is 2.11. The van der Waals surface area contributed by atoms with Gasteiger partial charge in [-0.1, -0.05) is 17.7 Å². The first-order chi connectivity index (χ1) is 9.06. The van der Waals surface area contributed by atoms with E-state index >= 15 is 0 Å². The van der Waals surface area contributed by atoms with E-state index in [0.29, 0.717) is 10.7 Å². The van der Waals surface area contributed by atoms with E-state index in [4.69, 9.17) is 11.6 Å². The van der Waals surface area contributed by atoms with Crippen LogP contribution in [0.3, 0.4) is 0 Å². The first-order valence-corrected chi connectivity index (χ1v) is 6.47. The largest absolute Gasteiger partial charge is 0.288 e. The number of nitro groups is 1. The number of anilines is 1. The van der Waals surface area contributed by atoms with Crippen molar-refractivity contribution in [3.05, 3.63) is 50.0 Å². The summed E-state index contributed by atoms with van der Waals surface area (Å²) < 4.78 is 0. The number of benzene rings is 1. The van der Waals surface area contributed by atoms with Crippen LogP contribution in [-0.4, -0.2) is 16.1 Å². The van der Waals surface area contributed by atoms with Crippen molar-refractivity contribution < 1.29 is 4.92 Å². The third kappa shape index (κ3) is 3.49. The maximum absolute atomic E-state index is 10.7. The summed E-state index contributed by atoms with van der Waals surface area (Å²) in [6.07, 6.45) is 1.47. The maximum atomic E-state index is 10.7. The number of halogens is 1. The van der Waals surface area contributed by atoms with E-state index in [1.165, 1.54) is 29.7 Å². The lowest BCUT2D eigenvalue weighted by molar-refractivity contribution is -0.384. The van der Waals surface area contributed by atoms with Gasteiger partial charge in [0.1, 0.15) is 5.02 Å². The van der Waals surface area contributed by atoms with Crippen molar-refractivity contribution in [2.75, 3.05) is 5.43 Å². The van der Waals surface area contributed by atoms with Crippen LogP contribution in [0.5, 0.6) is 0 Å². The Balaban J connectivity index is 2.10. The van der Waals surface area contributed by atoms with Crippen molar-refractivity contribution in [2.24, 2.45) is 5.10 Å². The Kier molecular flexibility index (Phi) is 4.08. The van der Waals surface area contributed by atoms with Crippen molar-refractivity contribution in [3.8, 4) is 0 Å². The highest BCUT2D eigenvalue weighted by Crippen LogP contribution is 2.24. The van der Waals surface area contributed by atoms with Crippen LogP contribution in [0.2, 0.25) is 5.02 Å². The van der Waals surface area contributed by atoms with Gasteiger partial charge in [0.15, 0.2) is 0 Å². The third-order valence-electron chi connectivity index (χ3n) is 2.16. The smallest absolute Gasteiger partial charge is 0.258 e. The molecule has 98 valence electrons. The van der Waals surface area contributed by atoms with E-state index in [0.717, 1.165) is 5.69 Å². The Morgan fingerprint density at radius 2 is 2.37 bits per heavy atom. The highest BCUT2D eigenvalue weighted by molar-refractivity contribution is 7.13. The lowest BCUT2D eigenvalue weighted by atomic mass is 10.2. The molecular weight excluding hydrogens is 288 g/mol. The summed E-state index contributed by atoms with van der Waals surface area (Å²) in [5.74, 6) is 0.